The summed E-state index contributed by atoms with van der Waals surface area (Å²) >= 11 is 0. The highest BCUT2D eigenvalue weighted by molar-refractivity contribution is 6.10. The quantitative estimate of drug-likeness (QED) is 0.740. The second kappa shape index (κ2) is 7.37. The Bertz CT molecular complexity index is 1050. The van der Waals surface area contributed by atoms with Crippen LogP contribution in [0.1, 0.15) is 59.8 Å². The zero-order valence-electron chi connectivity index (χ0n) is 17.1. The summed E-state index contributed by atoms with van der Waals surface area (Å²) in [6.07, 6.45) is -4.74. The second-order valence-electron chi connectivity index (χ2n) is 8.41. The van der Waals surface area contributed by atoms with Crippen LogP contribution in [0.25, 0.3) is 0 Å². The van der Waals surface area contributed by atoms with E-state index in [1.54, 1.807) is 18.7 Å². The van der Waals surface area contributed by atoms with E-state index in [0.29, 0.717) is 30.7 Å². The van der Waals surface area contributed by atoms with Crippen molar-refractivity contribution in [2.45, 2.75) is 50.6 Å². The van der Waals surface area contributed by atoms with E-state index in [1.807, 2.05) is 0 Å². The maximum atomic E-state index is 13.4. The van der Waals surface area contributed by atoms with Gasteiger partial charge in [-0.3, -0.25) is 9.59 Å². The van der Waals surface area contributed by atoms with Crippen molar-refractivity contribution >= 4 is 11.7 Å². The molecule has 1 fully saturated rings. The van der Waals surface area contributed by atoms with Gasteiger partial charge in [0.25, 0.3) is 0 Å². The number of nitrogens with zero attached hydrogens (tertiary/aromatic N) is 1. The Hall–Kier alpha value is -2.87. The molecule has 31 heavy (non-hydrogen) atoms. The van der Waals surface area contributed by atoms with E-state index in [1.165, 1.54) is 30.3 Å². The highest BCUT2D eigenvalue weighted by Gasteiger charge is 2.47. The van der Waals surface area contributed by atoms with Crippen LogP contribution >= 0.6 is 0 Å². The van der Waals surface area contributed by atoms with Gasteiger partial charge >= 0.3 is 6.18 Å². The average Bonchev–Trinajstić information content (AvgIpc) is 3.13. The number of ketones is 1. The third-order valence-corrected chi connectivity index (χ3v) is 5.90. The Labute approximate surface area is 177 Å². The second-order valence-corrected chi connectivity index (χ2v) is 8.41. The van der Waals surface area contributed by atoms with E-state index in [-0.39, 0.29) is 11.5 Å². The molecule has 0 radical (unpaired) electrons. The first-order chi connectivity index (χ1) is 14.5. The van der Waals surface area contributed by atoms with Gasteiger partial charge in [-0.05, 0) is 44.5 Å². The van der Waals surface area contributed by atoms with Crippen LogP contribution in [0, 0.1) is 0 Å². The molecule has 0 aromatic heterocycles. The summed E-state index contributed by atoms with van der Waals surface area (Å²) < 4.78 is 46.1. The van der Waals surface area contributed by atoms with Gasteiger partial charge in [0.2, 0.25) is 5.91 Å². The Morgan fingerprint density at radius 3 is 2.55 bits per heavy atom. The van der Waals surface area contributed by atoms with Gasteiger partial charge in [0.15, 0.2) is 5.78 Å². The fourth-order valence-corrected chi connectivity index (χ4v) is 4.29. The molecule has 1 N–H and O–H groups in total. The van der Waals surface area contributed by atoms with Gasteiger partial charge in [0, 0.05) is 29.7 Å². The number of aliphatic hydroxyl groups is 1. The molecule has 1 amide bonds. The third kappa shape index (κ3) is 3.69. The van der Waals surface area contributed by atoms with Gasteiger partial charge in [0.05, 0.1) is 11.6 Å². The number of halogens is 3. The molecule has 2 aromatic carbocycles. The Morgan fingerprint density at radius 1 is 1.19 bits per heavy atom. The van der Waals surface area contributed by atoms with Crippen molar-refractivity contribution in [3.8, 4) is 5.75 Å². The number of ether oxygens (including phenoxy) is 1. The summed E-state index contributed by atoms with van der Waals surface area (Å²) in [5, 5.41) is 11.0. The standard InChI is InChI=1S/C23H22F3NO4/c1-22(2)21(30)19(27-11-5-8-18(27)28)15-12-13(9-10-17(15)31-22)20(29)14-6-3-4-7-16(14)23(24,25)26/h3-4,6-7,9-10,12,19,21,30H,5,8,11H2,1-2H3. The first-order valence-corrected chi connectivity index (χ1v) is 10.0. The zero-order valence-corrected chi connectivity index (χ0v) is 17.1. The molecule has 0 spiro atoms. The SMILES string of the molecule is CC1(C)Oc2ccc(C(=O)c3ccccc3C(F)(F)F)cc2C(N2CCCC2=O)C1O. The summed E-state index contributed by atoms with van der Waals surface area (Å²) in [4.78, 5) is 27.0. The molecule has 2 aromatic rings. The molecule has 0 bridgehead atoms. The molecule has 8 heteroatoms. The summed E-state index contributed by atoms with van der Waals surface area (Å²) in [5.41, 5.74) is -2.02. The number of alkyl halides is 3. The van der Waals surface area contributed by atoms with Crippen molar-refractivity contribution in [1.29, 1.82) is 0 Å². The molecule has 2 aliphatic rings. The topological polar surface area (TPSA) is 66.8 Å². The summed E-state index contributed by atoms with van der Waals surface area (Å²) in [5.74, 6) is -0.519. The molecular weight excluding hydrogens is 411 g/mol. The summed E-state index contributed by atoms with van der Waals surface area (Å²) in [6.45, 7) is 3.85. The molecule has 5 nitrogen and oxygen atoms in total. The predicted octanol–water partition coefficient (Wildman–Crippen LogP) is 4.13. The van der Waals surface area contributed by atoms with E-state index in [9.17, 15) is 27.9 Å². The minimum absolute atomic E-state index is 0.0302. The van der Waals surface area contributed by atoms with Crippen LogP contribution in [0.15, 0.2) is 42.5 Å². The number of rotatable bonds is 3. The highest BCUT2D eigenvalue weighted by atomic mass is 19.4. The van der Waals surface area contributed by atoms with Crippen LogP contribution in [-0.2, 0) is 11.0 Å². The van der Waals surface area contributed by atoms with E-state index in [4.69, 9.17) is 4.74 Å². The first kappa shape index (κ1) is 21.4. The van der Waals surface area contributed by atoms with Gasteiger partial charge in [-0.2, -0.15) is 13.2 Å². The molecular formula is C23H22F3NO4. The van der Waals surface area contributed by atoms with E-state index < -0.39 is 40.8 Å². The average molecular weight is 433 g/mol. The minimum Gasteiger partial charge on any atom is -0.485 e. The van der Waals surface area contributed by atoms with Gasteiger partial charge in [-0.1, -0.05) is 18.2 Å². The van der Waals surface area contributed by atoms with Crippen molar-refractivity contribution in [3.05, 3.63) is 64.7 Å². The number of carbonyl (C=O) groups is 2. The van der Waals surface area contributed by atoms with Gasteiger partial charge < -0.3 is 14.7 Å². The molecule has 2 heterocycles. The van der Waals surface area contributed by atoms with Gasteiger partial charge in [0.1, 0.15) is 17.5 Å². The highest BCUT2D eigenvalue weighted by Crippen LogP contribution is 2.45. The molecule has 2 atom stereocenters. The van der Waals surface area contributed by atoms with Gasteiger partial charge in [-0.15, -0.1) is 0 Å². The van der Waals surface area contributed by atoms with Gasteiger partial charge in [-0.25, -0.2) is 0 Å². The smallest absolute Gasteiger partial charge is 0.417 e. The van der Waals surface area contributed by atoms with Crippen molar-refractivity contribution in [2.75, 3.05) is 6.54 Å². The molecule has 0 aliphatic carbocycles. The lowest BCUT2D eigenvalue weighted by Gasteiger charge is -2.45. The van der Waals surface area contributed by atoms with Crippen molar-refractivity contribution < 1.29 is 32.6 Å². The van der Waals surface area contributed by atoms with E-state index in [0.717, 1.165) is 12.1 Å². The number of carbonyl (C=O) groups excluding carboxylic acids is 2. The molecule has 4 rings (SSSR count). The fraction of sp³-hybridized carbons (Fsp3) is 0.391. The van der Waals surface area contributed by atoms with Crippen LogP contribution in [0.3, 0.4) is 0 Å². The normalized spacial score (nSPS) is 22.8. The maximum Gasteiger partial charge on any atom is 0.417 e. The molecule has 0 saturated carbocycles. The van der Waals surface area contributed by atoms with Crippen molar-refractivity contribution in [2.24, 2.45) is 0 Å². The molecule has 1 saturated heterocycles. The van der Waals surface area contributed by atoms with Crippen LogP contribution in [-0.4, -0.2) is 39.9 Å². The summed E-state index contributed by atoms with van der Waals surface area (Å²) in [6, 6.07) is 8.22. The third-order valence-electron chi connectivity index (χ3n) is 5.90. The predicted molar refractivity (Wildman–Crippen MR) is 106 cm³/mol. The monoisotopic (exact) mass is 433 g/mol. The van der Waals surface area contributed by atoms with E-state index in [2.05, 4.69) is 0 Å². The maximum absolute atomic E-state index is 13.4. The Morgan fingerprint density at radius 2 is 1.90 bits per heavy atom. The number of benzene rings is 2. The van der Waals surface area contributed by atoms with Crippen LogP contribution < -0.4 is 4.74 Å². The lowest BCUT2D eigenvalue weighted by atomic mass is 9.84. The van der Waals surface area contributed by atoms with E-state index >= 15 is 0 Å². The zero-order chi connectivity index (χ0) is 22.6. The number of aliphatic hydroxyl groups excluding tert-OH is 1. The lowest BCUT2D eigenvalue weighted by Crippen LogP contribution is -2.53. The van der Waals surface area contributed by atoms with Crippen molar-refractivity contribution in [3.63, 3.8) is 0 Å². The summed E-state index contributed by atoms with van der Waals surface area (Å²) in [7, 11) is 0. The number of hydrogen-bond acceptors (Lipinski definition) is 4. The first-order valence-electron chi connectivity index (χ1n) is 10.0. The number of amides is 1. The van der Waals surface area contributed by atoms with Crippen LogP contribution in [0.5, 0.6) is 5.75 Å². The Kier molecular flexibility index (Phi) is 5.08. The van der Waals surface area contributed by atoms with Crippen LogP contribution in [0.4, 0.5) is 13.2 Å². The minimum atomic E-state index is -4.67. The lowest BCUT2D eigenvalue weighted by molar-refractivity contribution is -0.140. The van der Waals surface area contributed by atoms with Crippen molar-refractivity contribution in [1.82, 2.24) is 4.90 Å². The van der Waals surface area contributed by atoms with Crippen LogP contribution in [0.2, 0.25) is 0 Å². The molecule has 164 valence electrons. The molecule has 2 aliphatic heterocycles. The molecule has 2 unspecified atom stereocenters. The fourth-order valence-electron chi connectivity index (χ4n) is 4.29. The number of fused-ring (bicyclic) bond motifs is 1. The number of hydrogen-bond donors (Lipinski definition) is 1. The Balaban J connectivity index is 1.80. The number of likely N-dealkylation sites (tertiary alicyclic amines) is 1. The largest absolute Gasteiger partial charge is 0.485 e.